The smallest absolute Gasteiger partial charge is 0.258 e. The maximum Gasteiger partial charge on any atom is 0.258 e. The molecule has 0 saturated carbocycles. The van der Waals surface area contributed by atoms with Crippen LogP contribution in [-0.2, 0) is 9.53 Å². The monoisotopic (exact) mass is 216 g/mol. The fourth-order valence-corrected chi connectivity index (χ4v) is 1.36. The predicted molar refractivity (Wildman–Crippen MR) is 60.4 cm³/mol. The van der Waals surface area contributed by atoms with Crippen LogP contribution >= 0.6 is 0 Å². The second kappa shape index (κ2) is 3.62. The standard InChI is InChI=1S/C12H12N2O2/c1-8-6-9(4-5-10(8)13-3)14-11(15)12(2)7-16-12/h4-6H,7H2,1-2H3,(H,14,15). The summed E-state index contributed by atoms with van der Waals surface area (Å²) in [5, 5.41) is 2.77. The zero-order valence-electron chi connectivity index (χ0n) is 9.20. The maximum absolute atomic E-state index is 11.7. The first kappa shape index (κ1) is 10.7. The van der Waals surface area contributed by atoms with Crippen LogP contribution in [0.5, 0.6) is 0 Å². The number of amides is 1. The topological polar surface area (TPSA) is 46.0 Å². The molecule has 1 atom stereocenters. The van der Waals surface area contributed by atoms with Crippen LogP contribution in [0.3, 0.4) is 0 Å². The van der Waals surface area contributed by atoms with Gasteiger partial charge in [0.05, 0.1) is 13.2 Å². The summed E-state index contributed by atoms with van der Waals surface area (Å²) in [5.74, 6) is -0.137. The van der Waals surface area contributed by atoms with Crippen molar-refractivity contribution in [2.75, 3.05) is 11.9 Å². The molecular formula is C12H12N2O2. The van der Waals surface area contributed by atoms with E-state index in [4.69, 9.17) is 11.3 Å². The van der Waals surface area contributed by atoms with Gasteiger partial charge in [0.2, 0.25) is 0 Å². The molecular weight excluding hydrogens is 204 g/mol. The third kappa shape index (κ3) is 1.90. The van der Waals surface area contributed by atoms with E-state index in [2.05, 4.69) is 10.2 Å². The first-order valence-corrected chi connectivity index (χ1v) is 4.99. The van der Waals surface area contributed by atoms with Gasteiger partial charge in [0.15, 0.2) is 11.3 Å². The quantitative estimate of drug-likeness (QED) is 0.609. The largest absolute Gasteiger partial charge is 0.359 e. The Morgan fingerprint density at radius 3 is 2.81 bits per heavy atom. The molecule has 1 unspecified atom stereocenters. The number of rotatable bonds is 2. The summed E-state index contributed by atoms with van der Waals surface area (Å²) in [5.41, 5.74) is 1.50. The summed E-state index contributed by atoms with van der Waals surface area (Å²) in [6, 6.07) is 5.22. The van der Waals surface area contributed by atoms with Gasteiger partial charge in [-0.1, -0.05) is 6.07 Å². The van der Waals surface area contributed by atoms with Crippen LogP contribution in [0.1, 0.15) is 12.5 Å². The van der Waals surface area contributed by atoms with E-state index >= 15 is 0 Å². The van der Waals surface area contributed by atoms with E-state index < -0.39 is 5.60 Å². The van der Waals surface area contributed by atoms with Gasteiger partial charge in [-0.15, -0.1) is 0 Å². The van der Waals surface area contributed by atoms with Crippen LogP contribution in [0.25, 0.3) is 4.85 Å². The van der Waals surface area contributed by atoms with Crippen molar-refractivity contribution < 1.29 is 9.53 Å². The highest BCUT2D eigenvalue weighted by Crippen LogP contribution is 2.28. The minimum absolute atomic E-state index is 0.137. The molecule has 1 aliphatic rings. The van der Waals surface area contributed by atoms with Gasteiger partial charge in [-0.2, -0.15) is 0 Å². The summed E-state index contributed by atoms with van der Waals surface area (Å²) in [4.78, 5) is 15.0. The molecule has 0 spiro atoms. The van der Waals surface area contributed by atoms with Gasteiger partial charge in [-0.25, -0.2) is 4.85 Å². The molecule has 4 heteroatoms. The Balaban J connectivity index is 2.14. The zero-order valence-corrected chi connectivity index (χ0v) is 9.20. The number of nitrogens with one attached hydrogen (secondary N) is 1. The lowest BCUT2D eigenvalue weighted by atomic mass is 10.1. The molecule has 1 fully saturated rings. The van der Waals surface area contributed by atoms with E-state index in [0.717, 1.165) is 5.56 Å². The third-order valence-electron chi connectivity index (χ3n) is 2.63. The molecule has 4 nitrogen and oxygen atoms in total. The SMILES string of the molecule is [C-]#[N+]c1ccc(NC(=O)C2(C)CO2)cc1C. The van der Waals surface area contributed by atoms with Crippen molar-refractivity contribution in [2.45, 2.75) is 19.4 Å². The minimum atomic E-state index is -0.660. The molecule has 1 aliphatic heterocycles. The van der Waals surface area contributed by atoms with E-state index in [0.29, 0.717) is 18.0 Å². The highest BCUT2D eigenvalue weighted by Gasteiger charge is 2.47. The van der Waals surface area contributed by atoms with Crippen LogP contribution in [0.2, 0.25) is 0 Å². The number of hydrogen-bond acceptors (Lipinski definition) is 2. The normalized spacial score (nSPS) is 22.3. The van der Waals surface area contributed by atoms with Crippen LogP contribution in [0.4, 0.5) is 11.4 Å². The van der Waals surface area contributed by atoms with E-state index in [1.54, 1.807) is 25.1 Å². The van der Waals surface area contributed by atoms with Gasteiger partial charge in [-0.05, 0) is 31.5 Å². The van der Waals surface area contributed by atoms with Gasteiger partial charge in [0.1, 0.15) is 0 Å². The fraction of sp³-hybridized carbons (Fsp3) is 0.333. The number of anilines is 1. The van der Waals surface area contributed by atoms with Gasteiger partial charge in [0.25, 0.3) is 5.91 Å². The number of ether oxygens (including phenoxy) is 1. The van der Waals surface area contributed by atoms with Crippen molar-refractivity contribution in [3.63, 3.8) is 0 Å². The summed E-state index contributed by atoms with van der Waals surface area (Å²) < 4.78 is 5.04. The lowest BCUT2D eigenvalue weighted by Crippen LogP contribution is -2.28. The molecule has 1 amide bonds. The lowest BCUT2D eigenvalue weighted by molar-refractivity contribution is -0.120. The van der Waals surface area contributed by atoms with E-state index in [1.807, 2.05) is 6.92 Å². The molecule has 1 aromatic carbocycles. The Labute approximate surface area is 94.0 Å². The Hall–Kier alpha value is -1.86. The van der Waals surface area contributed by atoms with Gasteiger partial charge < -0.3 is 10.1 Å². The van der Waals surface area contributed by atoms with E-state index in [9.17, 15) is 4.79 Å². The maximum atomic E-state index is 11.7. The lowest BCUT2D eigenvalue weighted by Gasteiger charge is -2.08. The van der Waals surface area contributed by atoms with Crippen molar-refractivity contribution in [1.29, 1.82) is 0 Å². The second-order valence-corrected chi connectivity index (χ2v) is 4.09. The summed E-state index contributed by atoms with van der Waals surface area (Å²) >= 11 is 0. The summed E-state index contributed by atoms with van der Waals surface area (Å²) in [7, 11) is 0. The molecule has 16 heavy (non-hydrogen) atoms. The summed E-state index contributed by atoms with van der Waals surface area (Å²) in [6.07, 6.45) is 0. The molecule has 0 aromatic heterocycles. The average molecular weight is 216 g/mol. The first-order chi connectivity index (χ1) is 7.55. The molecule has 82 valence electrons. The van der Waals surface area contributed by atoms with Gasteiger partial charge in [0, 0.05) is 5.69 Å². The molecule has 1 saturated heterocycles. The van der Waals surface area contributed by atoms with E-state index in [1.165, 1.54) is 0 Å². The number of carbonyl (C=O) groups excluding carboxylic acids is 1. The number of aryl methyl sites for hydroxylation is 1. The average Bonchev–Trinajstić information content (AvgIpc) is 2.98. The number of nitrogens with zero attached hydrogens (tertiary/aromatic N) is 1. The fourth-order valence-electron chi connectivity index (χ4n) is 1.36. The van der Waals surface area contributed by atoms with Crippen molar-refractivity contribution >= 4 is 17.3 Å². The van der Waals surface area contributed by atoms with Crippen molar-refractivity contribution in [3.8, 4) is 0 Å². The van der Waals surface area contributed by atoms with Crippen molar-refractivity contribution in [2.24, 2.45) is 0 Å². The molecule has 0 radical (unpaired) electrons. The highest BCUT2D eigenvalue weighted by molar-refractivity contribution is 5.98. The Kier molecular flexibility index (Phi) is 2.41. The number of carbonyl (C=O) groups is 1. The van der Waals surface area contributed by atoms with Crippen molar-refractivity contribution in [1.82, 2.24) is 0 Å². The Morgan fingerprint density at radius 2 is 2.31 bits per heavy atom. The van der Waals surface area contributed by atoms with E-state index in [-0.39, 0.29) is 5.91 Å². The summed E-state index contributed by atoms with van der Waals surface area (Å²) in [6.45, 7) is 11.0. The Bertz CT molecular complexity index is 484. The van der Waals surface area contributed by atoms with Crippen LogP contribution in [0, 0.1) is 13.5 Å². The number of benzene rings is 1. The predicted octanol–water partition coefficient (Wildman–Crippen LogP) is 2.27. The minimum Gasteiger partial charge on any atom is -0.359 e. The molecule has 0 aliphatic carbocycles. The Morgan fingerprint density at radius 1 is 1.62 bits per heavy atom. The second-order valence-electron chi connectivity index (χ2n) is 4.09. The van der Waals surface area contributed by atoms with Gasteiger partial charge >= 0.3 is 0 Å². The third-order valence-corrected chi connectivity index (χ3v) is 2.63. The van der Waals surface area contributed by atoms with Crippen LogP contribution < -0.4 is 5.32 Å². The zero-order chi connectivity index (χ0) is 11.8. The van der Waals surface area contributed by atoms with Crippen molar-refractivity contribution in [3.05, 3.63) is 35.2 Å². The van der Waals surface area contributed by atoms with Crippen LogP contribution in [-0.4, -0.2) is 18.1 Å². The highest BCUT2D eigenvalue weighted by atomic mass is 16.6. The molecule has 1 aromatic rings. The molecule has 2 rings (SSSR count). The van der Waals surface area contributed by atoms with Crippen LogP contribution in [0.15, 0.2) is 18.2 Å². The molecule has 1 N–H and O–H groups in total. The number of hydrogen-bond donors (Lipinski definition) is 1. The first-order valence-electron chi connectivity index (χ1n) is 4.99. The molecule has 0 bridgehead atoms. The number of epoxide rings is 1. The van der Waals surface area contributed by atoms with Gasteiger partial charge in [-0.3, -0.25) is 4.79 Å². The molecule has 1 heterocycles.